The van der Waals surface area contributed by atoms with Gasteiger partial charge in [-0.05, 0) is 26.7 Å². The van der Waals surface area contributed by atoms with Crippen molar-refractivity contribution in [3.05, 3.63) is 16.6 Å². The van der Waals surface area contributed by atoms with Crippen LogP contribution in [0.25, 0.3) is 0 Å². The average Bonchev–Trinajstić information content (AvgIpc) is 2.75. The number of hydrogen-bond donors (Lipinski definition) is 2. The molecule has 0 amide bonds. The fourth-order valence-corrected chi connectivity index (χ4v) is 3.06. The number of aromatic nitrogens is 1. The van der Waals surface area contributed by atoms with Crippen molar-refractivity contribution in [2.24, 2.45) is 0 Å². The van der Waals surface area contributed by atoms with Crippen LogP contribution in [0.5, 0.6) is 0 Å². The van der Waals surface area contributed by atoms with Gasteiger partial charge in [-0.25, -0.2) is 4.98 Å². The van der Waals surface area contributed by atoms with Crippen LogP contribution >= 0.6 is 11.3 Å². The molecule has 0 spiro atoms. The summed E-state index contributed by atoms with van der Waals surface area (Å²) in [5.74, 6) is 0. The van der Waals surface area contributed by atoms with Crippen molar-refractivity contribution in [3.8, 4) is 0 Å². The standard InChI is InChI=1S/C12H20N2OS/c1-12(2,11-13-7-8-16-11)14-9-5-3-4-6-10(9)15/h7-10,14-15H,3-6H2,1-2H3. The Balaban J connectivity index is 2.02. The van der Waals surface area contributed by atoms with Crippen molar-refractivity contribution >= 4 is 11.3 Å². The minimum Gasteiger partial charge on any atom is -0.392 e. The van der Waals surface area contributed by atoms with Crippen LogP contribution in [0.2, 0.25) is 0 Å². The van der Waals surface area contributed by atoms with Gasteiger partial charge in [0, 0.05) is 17.6 Å². The summed E-state index contributed by atoms with van der Waals surface area (Å²) in [6.07, 6.45) is 5.98. The van der Waals surface area contributed by atoms with Crippen LogP contribution < -0.4 is 5.32 Å². The quantitative estimate of drug-likeness (QED) is 0.852. The van der Waals surface area contributed by atoms with Crippen LogP contribution in [0.4, 0.5) is 0 Å². The summed E-state index contributed by atoms with van der Waals surface area (Å²) in [7, 11) is 0. The Kier molecular flexibility index (Phi) is 3.62. The molecule has 1 aliphatic rings. The Morgan fingerprint density at radius 1 is 1.44 bits per heavy atom. The predicted molar refractivity (Wildman–Crippen MR) is 66.5 cm³/mol. The van der Waals surface area contributed by atoms with E-state index in [2.05, 4.69) is 24.1 Å². The number of rotatable bonds is 3. The van der Waals surface area contributed by atoms with E-state index in [1.54, 1.807) is 11.3 Å². The molecule has 4 heteroatoms. The molecule has 90 valence electrons. The lowest BCUT2D eigenvalue weighted by atomic mass is 9.90. The molecule has 1 aliphatic carbocycles. The maximum atomic E-state index is 9.95. The van der Waals surface area contributed by atoms with E-state index in [0.29, 0.717) is 0 Å². The molecule has 3 nitrogen and oxygen atoms in total. The minimum absolute atomic E-state index is 0.142. The molecule has 0 saturated heterocycles. The molecule has 1 aromatic rings. The molecule has 1 heterocycles. The average molecular weight is 240 g/mol. The second kappa shape index (κ2) is 4.82. The van der Waals surface area contributed by atoms with Crippen molar-refractivity contribution in [2.45, 2.75) is 57.2 Å². The molecule has 1 aromatic heterocycles. The lowest BCUT2D eigenvalue weighted by molar-refractivity contribution is 0.0755. The number of hydrogen-bond acceptors (Lipinski definition) is 4. The van der Waals surface area contributed by atoms with Gasteiger partial charge in [-0.2, -0.15) is 0 Å². The summed E-state index contributed by atoms with van der Waals surface area (Å²) in [5, 5.41) is 16.6. The summed E-state index contributed by atoms with van der Waals surface area (Å²) in [6, 6.07) is 0.215. The number of aliphatic hydroxyl groups is 1. The lowest BCUT2D eigenvalue weighted by Gasteiger charge is -2.35. The predicted octanol–water partition coefficient (Wildman–Crippen LogP) is 2.27. The summed E-state index contributed by atoms with van der Waals surface area (Å²) in [6.45, 7) is 4.26. The van der Waals surface area contributed by atoms with Crippen LogP contribution in [0.3, 0.4) is 0 Å². The van der Waals surface area contributed by atoms with Crippen molar-refractivity contribution in [2.75, 3.05) is 0 Å². The van der Waals surface area contributed by atoms with E-state index in [1.807, 2.05) is 11.6 Å². The molecule has 1 fully saturated rings. The van der Waals surface area contributed by atoms with Crippen molar-refractivity contribution in [3.63, 3.8) is 0 Å². The van der Waals surface area contributed by atoms with Crippen LogP contribution in [-0.4, -0.2) is 22.2 Å². The van der Waals surface area contributed by atoms with E-state index in [4.69, 9.17) is 0 Å². The van der Waals surface area contributed by atoms with Crippen LogP contribution in [0.15, 0.2) is 11.6 Å². The molecule has 0 aromatic carbocycles. The fourth-order valence-electron chi connectivity index (χ4n) is 2.34. The molecule has 2 atom stereocenters. The first-order valence-corrected chi connectivity index (χ1v) is 6.83. The van der Waals surface area contributed by atoms with Gasteiger partial charge in [-0.1, -0.05) is 12.8 Å². The normalized spacial score (nSPS) is 26.9. The van der Waals surface area contributed by atoms with E-state index in [-0.39, 0.29) is 17.7 Å². The van der Waals surface area contributed by atoms with Crippen molar-refractivity contribution < 1.29 is 5.11 Å². The molecule has 2 N–H and O–H groups in total. The Labute approximate surface area is 101 Å². The largest absolute Gasteiger partial charge is 0.392 e. The first kappa shape index (κ1) is 12.0. The van der Waals surface area contributed by atoms with E-state index in [9.17, 15) is 5.11 Å². The number of nitrogens with zero attached hydrogens (tertiary/aromatic N) is 1. The highest BCUT2D eigenvalue weighted by molar-refractivity contribution is 7.09. The lowest BCUT2D eigenvalue weighted by Crippen LogP contribution is -2.50. The van der Waals surface area contributed by atoms with Crippen LogP contribution in [0, 0.1) is 0 Å². The Bertz CT molecular complexity index is 324. The van der Waals surface area contributed by atoms with Gasteiger partial charge >= 0.3 is 0 Å². The summed E-state index contributed by atoms with van der Waals surface area (Å²) in [4.78, 5) is 4.35. The smallest absolute Gasteiger partial charge is 0.112 e. The number of nitrogens with one attached hydrogen (secondary N) is 1. The molecular weight excluding hydrogens is 220 g/mol. The third-order valence-electron chi connectivity index (χ3n) is 3.24. The second-order valence-electron chi connectivity index (χ2n) is 5.06. The summed E-state index contributed by atoms with van der Waals surface area (Å²) in [5.41, 5.74) is -0.142. The zero-order chi connectivity index (χ0) is 11.6. The maximum absolute atomic E-state index is 9.95. The first-order valence-electron chi connectivity index (χ1n) is 5.95. The molecule has 0 aliphatic heterocycles. The van der Waals surface area contributed by atoms with Gasteiger partial charge in [0.1, 0.15) is 5.01 Å². The van der Waals surface area contributed by atoms with Gasteiger partial charge in [-0.3, -0.25) is 0 Å². The van der Waals surface area contributed by atoms with E-state index < -0.39 is 0 Å². The van der Waals surface area contributed by atoms with E-state index >= 15 is 0 Å². The zero-order valence-corrected chi connectivity index (χ0v) is 10.8. The Morgan fingerprint density at radius 2 is 2.19 bits per heavy atom. The SMILES string of the molecule is CC(C)(NC1CCCCC1O)c1nccs1. The topological polar surface area (TPSA) is 45.1 Å². The summed E-state index contributed by atoms with van der Waals surface area (Å²) < 4.78 is 0. The van der Waals surface area contributed by atoms with Crippen LogP contribution in [0.1, 0.15) is 44.5 Å². The molecule has 0 radical (unpaired) electrons. The maximum Gasteiger partial charge on any atom is 0.112 e. The van der Waals surface area contributed by atoms with Gasteiger partial charge in [-0.15, -0.1) is 11.3 Å². The molecule has 0 bridgehead atoms. The van der Waals surface area contributed by atoms with Gasteiger partial charge in [0.25, 0.3) is 0 Å². The van der Waals surface area contributed by atoms with Gasteiger partial charge in [0.15, 0.2) is 0 Å². The van der Waals surface area contributed by atoms with Gasteiger partial charge in [0.05, 0.1) is 11.6 Å². The van der Waals surface area contributed by atoms with E-state index in [0.717, 1.165) is 24.3 Å². The highest BCUT2D eigenvalue weighted by atomic mass is 32.1. The second-order valence-corrected chi connectivity index (χ2v) is 5.96. The van der Waals surface area contributed by atoms with Gasteiger partial charge in [0.2, 0.25) is 0 Å². The third kappa shape index (κ3) is 2.62. The van der Waals surface area contributed by atoms with Gasteiger partial charge < -0.3 is 10.4 Å². The Hall–Kier alpha value is -0.450. The van der Waals surface area contributed by atoms with Crippen molar-refractivity contribution in [1.29, 1.82) is 0 Å². The highest BCUT2D eigenvalue weighted by Gasteiger charge is 2.31. The molecule has 2 rings (SSSR count). The number of aliphatic hydroxyl groups excluding tert-OH is 1. The fraction of sp³-hybridized carbons (Fsp3) is 0.750. The zero-order valence-electron chi connectivity index (χ0n) is 9.94. The van der Waals surface area contributed by atoms with Crippen molar-refractivity contribution in [1.82, 2.24) is 10.3 Å². The molecule has 1 saturated carbocycles. The summed E-state index contributed by atoms with van der Waals surface area (Å²) >= 11 is 1.66. The monoisotopic (exact) mass is 240 g/mol. The van der Waals surface area contributed by atoms with Crippen LogP contribution in [-0.2, 0) is 5.54 Å². The highest BCUT2D eigenvalue weighted by Crippen LogP contribution is 2.26. The van der Waals surface area contributed by atoms with E-state index in [1.165, 1.54) is 6.42 Å². The Morgan fingerprint density at radius 3 is 2.81 bits per heavy atom. The minimum atomic E-state index is -0.201. The molecule has 2 unspecified atom stereocenters. The first-order chi connectivity index (χ1) is 7.59. The molecule has 16 heavy (non-hydrogen) atoms. The molecular formula is C12H20N2OS. The third-order valence-corrected chi connectivity index (χ3v) is 4.34. The number of thiazole rings is 1.